The minimum Gasteiger partial charge on any atom is -0.345 e. The van der Waals surface area contributed by atoms with Gasteiger partial charge in [0, 0.05) is 30.5 Å². The van der Waals surface area contributed by atoms with Crippen LogP contribution in [0.1, 0.15) is 48.3 Å². The number of aromatic nitrogens is 1. The van der Waals surface area contributed by atoms with Crippen molar-refractivity contribution >= 4 is 21.5 Å². The Morgan fingerprint density at radius 2 is 2.24 bits per heavy atom. The number of rotatable bonds is 4. The van der Waals surface area contributed by atoms with Gasteiger partial charge in [-0.15, -0.1) is 0 Å². The summed E-state index contributed by atoms with van der Waals surface area (Å²) in [6.07, 6.45) is 3.54. The van der Waals surface area contributed by atoms with Crippen molar-refractivity contribution in [3.63, 3.8) is 0 Å². The van der Waals surface area contributed by atoms with E-state index in [0.29, 0.717) is 40.6 Å². The molecule has 0 spiro atoms. The second kappa shape index (κ2) is 7.97. The summed E-state index contributed by atoms with van der Waals surface area (Å²) in [5.74, 6) is -0.724. The zero-order valence-corrected chi connectivity index (χ0v) is 17.4. The van der Waals surface area contributed by atoms with E-state index < -0.39 is 21.6 Å². The number of aryl methyl sites for hydroxylation is 1. The van der Waals surface area contributed by atoms with Gasteiger partial charge < -0.3 is 9.88 Å². The van der Waals surface area contributed by atoms with Crippen molar-refractivity contribution in [2.45, 2.75) is 44.0 Å². The Bertz CT molecular complexity index is 1100. The van der Waals surface area contributed by atoms with Crippen LogP contribution in [0.15, 0.2) is 29.3 Å². The van der Waals surface area contributed by atoms with Gasteiger partial charge in [-0.2, -0.15) is 5.26 Å². The Kier molecular flexibility index (Phi) is 5.78. The first-order valence-electron chi connectivity index (χ1n) is 9.37. The Hall–Kier alpha value is -2.70. The van der Waals surface area contributed by atoms with Gasteiger partial charge in [0.1, 0.15) is 27.5 Å². The van der Waals surface area contributed by atoms with Crippen LogP contribution < -0.4 is 10.0 Å². The van der Waals surface area contributed by atoms with E-state index in [4.69, 9.17) is 10.0 Å². The molecule has 154 valence electrons. The number of nitrogens with one attached hydrogen (secondary N) is 3. The summed E-state index contributed by atoms with van der Waals surface area (Å²) in [6, 6.07) is 5.44. The molecule has 29 heavy (non-hydrogen) atoms. The normalized spacial score (nSPS) is 21.3. The van der Waals surface area contributed by atoms with Gasteiger partial charge >= 0.3 is 0 Å². The molecule has 0 aliphatic carbocycles. The van der Waals surface area contributed by atoms with Crippen LogP contribution in [0.2, 0.25) is 0 Å². The first kappa shape index (κ1) is 21.0. The molecule has 1 aromatic carbocycles. The molecule has 9 heteroatoms. The number of anilines is 1. The minimum absolute atomic E-state index is 0.0658. The van der Waals surface area contributed by atoms with Crippen LogP contribution in [0, 0.1) is 27.8 Å². The summed E-state index contributed by atoms with van der Waals surface area (Å²) in [5, 5.41) is 11.6. The van der Waals surface area contributed by atoms with E-state index >= 15 is 0 Å². The van der Waals surface area contributed by atoms with Crippen molar-refractivity contribution in [1.82, 2.24) is 9.29 Å². The second-order valence-electron chi connectivity index (χ2n) is 7.73. The lowest BCUT2D eigenvalue weighted by molar-refractivity contribution is 0.101. The predicted octanol–water partition coefficient (Wildman–Crippen LogP) is 3.56. The first-order chi connectivity index (χ1) is 13.6. The van der Waals surface area contributed by atoms with Gasteiger partial charge in [-0.1, -0.05) is 13.8 Å². The molecule has 2 heterocycles. The summed E-state index contributed by atoms with van der Waals surface area (Å²) in [4.78, 5) is 13.3. The number of carbonyl (C=O) groups excluding carboxylic acids is 1. The predicted molar refractivity (Wildman–Crippen MR) is 108 cm³/mol. The van der Waals surface area contributed by atoms with Gasteiger partial charge in [-0.3, -0.25) is 4.79 Å². The highest BCUT2D eigenvalue weighted by atomic mass is 32.2. The van der Waals surface area contributed by atoms with Crippen molar-refractivity contribution in [1.29, 1.82) is 10.0 Å². The van der Waals surface area contributed by atoms with E-state index in [1.165, 1.54) is 12.1 Å². The zero-order valence-electron chi connectivity index (χ0n) is 16.6. The van der Waals surface area contributed by atoms with E-state index in [9.17, 15) is 13.4 Å². The first-order valence-corrected chi connectivity index (χ1v) is 10.9. The van der Waals surface area contributed by atoms with Crippen LogP contribution in [-0.4, -0.2) is 20.7 Å². The molecule has 0 fully saturated rings. The van der Waals surface area contributed by atoms with Crippen molar-refractivity contribution in [2.24, 2.45) is 13.0 Å². The van der Waals surface area contributed by atoms with Crippen molar-refractivity contribution in [2.75, 3.05) is 5.32 Å². The molecule has 0 bridgehead atoms. The highest BCUT2D eigenvalue weighted by molar-refractivity contribution is 7.90. The van der Waals surface area contributed by atoms with Crippen molar-refractivity contribution in [3.05, 3.63) is 47.0 Å². The molecule has 3 N–H and O–H groups in total. The monoisotopic (exact) mass is 417 g/mol. The summed E-state index contributed by atoms with van der Waals surface area (Å²) in [7, 11) is -1.58. The standard InChI is InChI=1S/C20H24FN5O2S/c1-12(2)8-15-4-6-16-18(29(23,28)25-15)11-26(3)19(16)20(27)24-14-5-7-17(21)13(9-14)10-22/h5,7,9,11-12,15H,4,6,8H2,1-3H3,(H,24,27)(H2,23,25,28)/t15-,29?/m1/s1. The topological polar surface area (TPSA) is 111 Å². The smallest absolute Gasteiger partial charge is 0.272 e. The molecule has 1 aliphatic heterocycles. The summed E-state index contributed by atoms with van der Waals surface area (Å²) >= 11 is 0. The van der Waals surface area contributed by atoms with E-state index in [2.05, 4.69) is 23.9 Å². The number of nitrogens with zero attached hydrogens (tertiary/aromatic N) is 2. The minimum atomic E-state index is -3.24. The highest BCUT2D eigenvalue weighted by Gasteiger charge is 2.31. The Morgan fingerprint density at radius 1 is 1.52 bits per heavy atom. The average Bonchev–Trinajstić information content (AvgIpc) is 2.92. The maximum absolute atomic E-state index is 13.5. The summed E-state index contributed by atoms with van der Waals surface area (Å²) in [5.41, 5.74) is 1.03. The zero-order chi connectivity index (χ0) is 21.3. The van der Waals surface area contributed by atoms with Crippen LogP contribution in [0.25, 0.3) is 0 Å². The molecular weight excluding hydrogens is 393 g/mol. The number of amides is 1. The number of carbonyl (C=O) groups is 1. The molecule has 0 radical (unpaired) electrons. The number of hydrogen-bond acceptors (Lipinski definition) is 4. The molecule has 7 nitrogen and oxygen atoms in total. The van der Waals surface area contributed by atoms with Crippen LogP contribution in [0.5, 0.6) is 0 Å². The Balaban J connectivity index is 1.94. The number of nitriles is 1. The lowest BCUT2D eigenvalue weighted by Gasteiger charge is -2.19. The molecule has 2 atom stereocenters. The van der Waals surface area contributed by atoms with E-state index in [1.807, 2.05) is 0 Å². The maximum atomic E-state index is 13.5. The third-order valence-electron chi connectivity index (χ3n) is 4.95. The van der Waals surface area contributed by atoms with Gasteiger partial charge in [0.2, 0.25) is 0 Å². The van der Waals surface area contributed by atoms with Crippen molar-refractivity contribution < 1.29 is 13.4 Å². The molecule has 0 saturated carbocycles. The van der Waals surface area contributed by atoms with Gasteiger partial charge in [0.25, 0.3) is 5.91 Å². The second-order valence-corrected chi connectivity index (χ2v) is 9.52. The van der Waals surface area contributed by atoms with Crippen LogP contribution in [-0.2, 0) is 23.4 Å². The molecule has 2 aromatic rings. The fourth-order valence-electron chi connectivity index (χ4n) is 3.72. The van der Waals surface area contributed by atoms with Crippen LogP contribution in [0.3, 0.4) is 0 Å². The molecule has 1 aliphatic rings. The molecular formula is C20H24FN5O2S. The van der Waals surface area contributed by atoms with E-state index in [-0.39, 0.29) is 11.6 Å². The van der Waals surface area contributed by atoms with Crippen LogP contribution >= 0.6 is 0 Å². The van der Waals surface area contributed by atoms with Crippen molar-refractivity contribution in [3.8, 4) is 6.07 Å². The van der Waals surface area contributed by atoms with Gasteiger partial charge in [0.05, 0.1) is 10.5 Å². The fourth-order valence-corrected chi connectivity index (χ4v) is 5.39. The molecule has 1 aromatic heterocycles. The highest BCUT2D eigenvalue weighted by Crippen LogP contribution is 2.29. The van der Waals surface area contributed by atoms with E-state index in [0.717, 1.165) is 12.5 Å². The Morgan fingerprint density at radius 3 is 2.90 bits per heavy atom. The van der Waals surface area contributed by atoms with Crippen LogP contribution in [0.4, 0.5) is 10.1 Å². The average molecular weight is 418 g/mol. The van der Waals surface area contributed by atoms with Gasteiger partial charge in [-0.05, 0) is 43.4 Å². The lowest BCUT2D eigenvalue weighted by atomic mass is 9.98. The van der Waals surface area contributed by atoms with Gasteiger partial charge in [0.15, 0.2) is 0 Å². The molecule has 1 amide bonds. The summed E-state index contributed by atoms with van der Waals surface area (Å²) < 4.78 is 39.5. The van der Waals surface area contributed by atoms with E-state index in [1.54, 1.807) is 23.9 Å². The lowest BCUT2D eigenvalue weighted by Crippen LogP contribution is -2.33. The largest absolute Gasteiger partial charge is 0.345 e. The molecule has 1 unspecified atom stereocenters. The maximum Gasteiger partial charge on any atom is 0.272 e. The molecule has 0 saturated heterocycles. The summed E-state index contributed by atoms with van der Waals surface area (Å²) in [6.45, 7) is 4.14. The quantitative estimate of drug-likeness (QED) is 0.707. The third-order valence-corrected chi connectivity index (χ3v) is 6.58. The number of fused-ring (bicyclic) bond motifs is 1. The number of benzene rings is 1. The third kappa shape index (κ3) is 4.33. The SMILES string of the molecule is CC(C)C[C@H]1CCc2c(cn(C)c2C(=O)Nc2ccc(F)c(C#N)c2)S(=N)(=O)N1. The molecule has 3 rings (SSSR count). The Labute approximate surface area is 170 Å². The van der Waals surface area contributed by atoms with Gasteiger partial charge in [-0.25, -0.2) is 18.1 Å². The fraction of sp³-hybridized carbons (Fsp3) is 0.400. The number of halogens is 1. The number of hydrogen-bond donors (Lipinski definition) is 3.